The van der Waals surface area contributed by atoms with Crippen LogP contribution in [0.3, 0.4) is 0 Å². The maximum absolute atomic E-state index is 15.8. The third-order valence-electron chi connectivity index (χ3n) is 23.2. The van der Waals surface area contributed by atoms with E-state index in [9.17, 15) is 45.6 Å². The molecule has 15 nitrogen and oxygen atoms in total. The van der Waals surface area contributed by atoms with Gasteiger partial charge >= 0.3 is 0 Å². The Morgan fingerprint density at radius 2 is 1.53 bits per heavy atom. The average Bonchev–Trinajstić information content (AvgIpc) is 0.982. The van der Waals surface area contributed by atoms with E-state index in [0.29, 0.717) is 111 Å². The van der Waals surface area contributed by atoms with Gasteiger partial charge in [-0.2, -0.15) is 0 Å². The Bertz CT molecular complexity index is 4320. The van der Waals surface area contributed by atoms with Crippen LogP contribution >= 0.6 is 0 Å². The number of aromatic hydroxyl groups is 3. The minimum absolute atomic E-state index is 0.00682. The summed E-state index contributed by atoms with van der Waals surface area (Å²) in [5.74, 6) is 10.7. The van der Waals surface area contributed by atoms with Crippen molar-refractivity contribution < 1.29 is 55.2 Å². The fourth-order valence-corrected chi connectivity index (χ4v) is 17.9. The second-order valence-corrected chi connectivity index (χ2v) is 29.4. The number of aromatic amines is 1. The summed E-state index contributed by atoms with van der Waals surface area (Å²) in [5.41, 5.74) is 10.9. The molecule has 0 radical (unpaired) electrons. The monoisotopic (exact) mass is 1350 g/mol. The SMILES string of the molecule is CCC[C@@H]1[C@H]2C[C@@H]3C[C@@H]4C#C[C@H](c5cc(O)c(OC)cc5CCC(=O)[C@@H](O)C(=O)[C@@H]4C2)c2ccccc2[C@@H]2C[C@@H](CO)[C@H](Cc4cccc(O)c4CO)[C@@H](C#CC[C@H]3C3=CCNC(=C3)Nc3cc4c(O)c(ccc4cc3Cc3ccccc3)C[C@@H](O)CNC[C@@H](C)c3c[nH]c(c3)C[C@H]1O)C2. The van der Waals surface area contributed by atoms with E-state index in [-0.39, 0.29) is 115 Å². The van der Waals surface area contributed by atoms with Crippen LogP contribution in [0.1, 0.15) is 151 Å². The van der Waals surface area contributed by atoms with E-state index in [1.54, 1.807) is 24.3 Å². The minimum atomic E-state index is -1.94. The number of Topliss-reactive ketones (excluding diaryl/α,β-unsaturated/α-hetero) is 2. The highest BCUT2D eigenvalue weighted by Gasteiger charge is 2.46. The van der Waals surface area contributed by atoms with Crippen molar-refractivity contribution >= 4 is 28.0 Å². The number of β-amino-alcohol motifs (C(OH)–C–C–N with tert-alkyl or cyclic N) is 1. The van der Waals surface area contributed by atoms with E-state index < -0.39 is 47.6 Å². The number of aryl methyl sites for hydroxylation is 1. The number of nitrogens with one attached hydrogen (secondary N) is 4. The number of fused-ring (bicyclic) bond motifs is 15. The minimum Gasteiger partial charge on any atom is -0.508 e. The van der Waals surface area contributed by atoms with Gasteiger partial charge in [0.1, 0.15) is 17.3 Å². The number of ether oxygens (including phenoxy) is 1. The molecule has 15 atom stereocenters. The Kier molecular flexibility index (Phi) is 21.7. The van der Waals surface area contributed by atoms with Crippen LogP contribution in [0.4, 0.5) is 5.69 Å². The highest BCUT2D eigenvalue weighted by molar-refractivity contribution is 6.06. The Labute approximate surface area is 587 Å². The molecule has 6 aliphatic rings. The number of allylic oxidation sites excluding steroid dienone is 2. The lowest BCUT2D eigenvalue weighted by atomic mass is 9.63. The molecule has 0 unspecified atom stereocenters. The van der Waals surface area contributed by atoms with Gasteiger partial charge in [0.15, 0.2) is 29.2 Å². The molecule has 13 bridgehead atoms. The molecule has 2 fully saturated rings. The summed E-state index contributed by atoms with van der Waals surface area (Å²) in [7, 11) is 1.47. The number of carbonyl (C=O) groups excluding carboxylic acids is 2. The summed E-state index contributed by atoms with van der Waals surface area (Å²) in [6.07, 6.45) is 8.33. The zero-order chi connectivity index (χ0) is 69.7. The van der Waals surface area contributed by atoms with Crippen molar-refractivity contribution in [3.63, 3.8) is 0 Å². The normalized spacial score (nSPS) is 28.0. The van der Waals surface area contributed by atoms with Crippen LogP contribution in [0.2, 0.25) is 0 Å². The van der Waals surface area contributed by atoms with Crippen LogP contribution in [0.25, 0.3) is 10.8 Å². The van der Waals surface area contributed by atoms with Crippen molar-refractivity contribution in [1.29, 1.82) is 0 Å². The zero-order valence-corrected chi connectivity index (χ0v) is 57.6. The first-order valence-electron chi connectivity index (χ1n) is 36.3. The summed E-state index contributed by atoms with van der Waals surface area (Å²) in [5, 5.41) is 107. The topological polar surface area (TPSA) is 257 Å². The number of dihydropyridines is 1. The van der Waals surface area contributed by atoms with Crippen molar-refractivity contribution in [2.45, 2.75) is 146 Å². The molecule has 1 aromatic heterocycles. The molecule has 15 heteroatoms. The molecule has 6 aromatic carbocycles. The first-order chi connectivity index (χ1) is 48.6. The third-order valence-corrected chi connectivity index (χ3v) is 23.2. The van der Waals surface area contributed by atoms with E-state index in [1.165, 1.54) is 7.11 Å². The smallest absolute Gasteiger partial charge is 0.173 e. The molecular weight excluding hydrogens is 1250 g/mol. The molecule has 12 N–H and O–H groups in total. The molecule has 3 heterocycles. The number of phenolic OH excluding ortho intramolecular Hbond substituents is 2. The van der Waals surface area contributed by atoms with Crippen LogP contribution in [0.15, 0.2) is 145 Å². The maximum Gasteiger partial charge on any atom is 0.173 e. The lowest BCUT2D eigenvalue weighted by Gasteiger charge is -2.41. The van der Waals surface area contributed by atoms with Crippen LogP contribution in [-0.4, -0.2) is 109 Å². The van der Waals surface area contributed by atoms with Crippen molar-refractivity contribution in [2.24, 2.45) is 53.3 Å². The van der Waals surface area contributed by atoms with Crippen LogP contribution in [0, 0.1) is 76.9 Å². The number of methoxy groups -OCH3 is 1. The number of aliphatic hydroxyl groups excluding tert-OH is 5. The molecule has 13 rings (SSSR count). The van der Waals surface area contributed by atoms with E-state index in [0.717, 1.165) is 62.1 Å². The molecule has 0 spiro atoms. The number of hydrogen-bond donors (Lipinski definition) is 12. The molecule has 100 heavy (non-hydrogen) atoms. The molecule has 0 amide bonds. The van der Waals surface area contributed by atoms with Gasteiger partial charge in [0.05, 0.1) is 31.8 Å². The standard InChI is InChI=1S/C85H96N4O11/c1-4-12-68-60-33-58-31-54-23-25-70(72-43-80(96)81(100-3)39-55(72)24-26-78(94)85(99)84(98)73(54)38-60)69-18-9-8-17-67(69)59-30-51(71(63(34-59)47-90)37-52-16-11-20-77(93)75(52)48-91)15-10-19-66(58)56-27-28-87-82(40-56)89-76-42-74-53(32-61(76)29-50-13-6-5-7-14-50)21-22-57(83(74)97)36-65(92)46-86-44-49(2)62-35-64(88-45-62)41-79(68)95/h5-9,11,13-14,16-18,20-22,27,32,35,39-40,42-43,45,49,51,54,58-60,63,65-66,68,70-71,73,79,85-93,95-97,99H,4,12,19,24,26,28-31,33-34,36-38,41,44,46-48H2,1-3H3/t49-,51+,54+,58+,59+,60+,63+,65-,66+,68-,70+,71-,73-,79-,85-/m1/s1. The number of carbonyl (C=O) groups is 2. The Hall–Kier alpha value is -8.64. The van der Waals surface area contributed by atoms with Gasteiger partial charge in [0.2, 0.25) is 0 Å². The molecule has 4 aliphatic carbocycles. The number of benzene rings is 6. The Morgan fingerprint density at radius 1 is 0.710 bits per heavy atom. The number of aromatic nitrogens is 1. The first kappa shape index (κ1) is 69.8. The van der Waals surface area contributed by atoms with Crippen LogP contribution in [0.5, 0.6) is 23.0 Å². The first-order valence-corrected chi connectivity index (χ1v) is 36.3. The predicted molar refractivity (Wildman–Crippen MR) is 389 cm³/mol. The second kappa shape index (κ2) is 31.1. The van der Waals surface area contributed by atoms with E-state index in [1.807, 2.05) is 60.8 Å². The van der Waals surface area contributed by atoms with Gasteiger partial charge in [0.25, 0.3) is 0 Å². The highest BCUT2D eigenvalue weighted by atomic mass is 16.5. The van der Waals surface area contributed by atoms with E-state index in [2.05, 4.69) is 107 Å². The van der Waals surface area contributed by atoms with Crippen molar-refractivity contribution in [1.82, 2.24) is 15.6 Å². The zero-order valence-electron chi connectivity index (χ0n) is 57.6. The van der Waals surface area contributed by atoms with Gasteiger partial charge < -0.3 is 66.5 Å². The summed E-state index contributed by atoms with van der Waals surface area (Å²) in [4.78, 5) is 34.0. The van der Waals surface area contributed by atoms with Gasteiger partial charge in [-0.15, -0.1) is 5.92 Å². The van der Waals surface area contributed by atoms with Crippen LogP contribution < -0.4 is 20.7 Å². The molecule has 522 valence electrons. The molecule has 0 saturated heterocycles. The third kappa shape index (κ3) is 15.0. The predicted octanol–water partition coefficient (Wildman–Crippen LogP) is 11.7. The maximum atomic E-state index is 15.8. The van der Waals surface area contributed by atoms with Gasteiger partial charge in [0, 0.05) is 98.2 Å². The Balaban J connectivity index is 1.03. The van der Waals surface area contributed by atoms with Gasteiger partial charge in [-0.25, -0.2) is 0 Å². The van der Waals surface area contributed by atoms with Gasteiger partial charge in [-0.1, -0.05) is 123 Å². The quantitative estimate of drug-likeness (QED) is 0.0474. The Morgan fingerprint density at radius 3 is 2.33 bits per heavy atom. The fourth-order valence-electron chi connectivity index (χ4n) is 17.9. The number of H-pyrrole nitrogens is 1. The number of anilines is 1. The number of phenols is 3. The van der Waals surface area contributed by atoms with Gasteiger partial charge in [-0.05, 0) is 209 Å². The van der Waals surface area contributed by atoms with E-state index in [4.69, 9.17) is 4.74 Å². The molecular formula is C85H96N4O11. The fraction of sp³-hybridized carbons (Fsp3) is 0.435. The van der Waals surface area contributed by atoms with E-state index >= 15 is 4.79 Å². The summed E-state index contributed by atoms with van der Waals surface area (Å²) < 4.78 is 5.72. The highest BCUT2D eigenvalue weighted by Crippen LogP contribution is 2.51. The average molecular weight is 1350 g/mol. The lowest BCUT2D eigenvalue weighted by molar-refractivity contribution is -0.142. The van der Waals surface area contributed by atoms with Crippen molar-refractivity contribution in [2.75, 3.05) is 38.7 Å². The number of hydrogen-bond acceptors (Lipinski definition) is 14. The van der Waals surface area contributed by atoms with Gasteiger partial charge in [-0.3, -0.25) is 9.59 Å². The van der Waals surface area contributed by atoms with Crippen molar-refractivity contribution in [3.8, 4) is 46.7 Å². The number of ketones is 2. The summed E-state index contributed by atoms with van der Waals surface area (Å²) >= 11 is 0. The summed E-state index contributed by atoms with van der Waals surface area (Å²) in [6, 6.07) is 37.4. The number of aliphatic hydroxyl groups is 5. The van der Waals surface area contributed by atoms with Crippen molar-refractivity contribution in [3.05, 3.63) is 206 Å². The summed E-state index contributed by atoms with van der Waals surface area (Å²) in [6.45, 7) is 5.03. The molecule has 2 aliphatic heterocycles. The number of rotatable bonds is 9. The largest absolute Gasteiger partial charge is 0.508 e. The lowest BCUT2D eigenvalue weighted by Crippen LogP contribution is -2.40. The molecule has 7 aromatic rings. The second-order valence-electron chi connectivity index (χ2n) is 29.4. The van der Waals surface area contributed by atoms with Crippen LogP contribution in [-0.2, 0) is 48.3 Å². The molecule has 2 saturated carbocycles.